The number of carbonyl (C=O) groups excluding carboxylic acids is 1. The van der Waals surface area contributed by atoms with Crippen LogP contribution < -0.4 is 4.90 Å². The van der Waals surface area contributed by atoms with Crippen LogP contribution in [0.3, 0.4) is 0 Å². The number of rotatable bonds is 8. The number of amides is 1. The molecule has 0 fully saturated rings. The first-order chi connectivity index (χ1) is 14.3. The van der Waals surface area contributed by atoms with E-state index in [1.165, 1.54) is 28.5 Å². The number of methoxy groups -OCH3 is 1. The fraction of sp³-hybridized carbons (Fsp3) is 0.571. The van der Waals surface area contributed by atoms with Crippen LogP contribution in [0.2, 0.25) is 0 Å². The van der Waals surface area contributed by atoms with Gasteiger partial charge >= 0.3 is 6.09 Å². The molecule has 0 saturated heterocycles. The SMILES string of the molecule is COCc1nc(N(C[C@@H](C)Cc2ccc(C(C)(F)F)nc2)C(=O)OC(C)(C)C)sc1Br. The fourth-order valence-electron chi connectivity index (χ4n) is 2.79. The van der Waals surface area contributed by atoms with Gasteiger partial charge < -0.3 is 9.47 Å². The van der Waals surface area contributed by atoms with Gasteiger partial charge in [-0.25, -0.2) is 9.78 Å². The molecule has 0 radical (unpaired) electrons. The molecule has 31 heavy (non-hydrogen) atoms. The Morgan fingerprint density at radius 2 is 1.97 bits per heavy atom. The normalized spacial score (nSPS) is 13.2. The van der Waals surface area contributed by atoms with Gasteiger partial charge in [0.25, 0.3) is 5.92 Å². The maximum atomic E-state index is 13.4. The predicted octanol–water partition coefficient (Wildman–Crippen LogP) is 6.18. The molecule has 172 valence electrons. The van der Waals surface area contributed by atoms with Gasteiger partial charge in [0.2, 0.25) is 0 Å². The van der Waals surface area contributed by atoms with E-state index in [2.05, 4.69) is 25.9 Å². The van der Waals surface area contributed by atoms with Crippen LogP contribution in [-0.4, -0.2) is 35.3 Å². The van der Waals surface area contributed by atoms with Crippen molar-refractivity contribution in [2.24, 2.45) is 5.92 Å². The Labute approximate surface area is 194 Å². The van der Waals surface area contributed by atoms with Crippen LogP contribution >= 0.6 is 27.3 Å². The number of hydrogen-bond donors (Lipinski definition) is 0. The van der Waals surface area contributed by atoms with E-state index in [9.17, 15) is 13.6 Å². The lowest BCUT2D eigenvalue weighted by Gasteiger charge is -2.27. The molecule has 10 heteroatoms. The van der Waals surface area contributed by atoms with Gasteiger partial charge in [-0.15, -0.1) is 0 Å². The Kier molecular flexibility index (Phi) is 8.52. The highest BCUT2D eigenvalue weighted by Crippen LogP contribution is 2.33. The van der Waals surface area contributed by atoms with Crippen LogP contribution in [-0.2, 0) is 28.4 Å². The van der Waals surface area contributed by atoms with Gasteiger partial charge in [0.05, 0.1) is 16.1 Å². The number of hydrogen-bond acceptors (Lipinski definition) is 6. The Morgan fingerprint density at radius 3 is 2.48 bits per heavy atom. The fourth-order valence-corrected chi connectivity index (χ4v) is 4.23. The first kappa shape index (κ1) is 25.6. The Morgan fingerprint density at radius 1 is 1.29 bits per heavy atom. The van der Waals surface area contributed by atoms with E-state index in [1.807, 2.05) is 6.92 Å². The van der Waals surface area contributed by atoms with Gasteiger partial charge in [-0.05, 0) is 60.7 Å². The number of anilines is 1. The summed E-state index contributed by atoms with van der Waals surface area (Å²) in [5.74, 6) is -2.98. The van der Waals surface area contributed by atoms with E-state index in [0.717, 1.165) is 16.3 Å². The van der Waals surface area contributed by atoms with Gasteiger partial charge in [-0.3, -0.25) is 9.88 Å². The second-order valence-corrected chi connectivity index (χ2v) is 10.8. The molecule has 0 saturated carbocycles. The topological polar surface area (TPSA) is 64.5 Å². The number of pyridine rings is 1. The summed E-state index contributed by atoms with van der Waals surface area (Å²) in [6.45, 7) is 8.85. The van der Waals surface area contributed by atoms with Gasteiger partial charge in [0.1, 0.15) is 11.3 Å². The molecular formula is C21H28BrF2N3O3S. The monoisotopic (exact) mass is 519 g/mol. The third kappa shape index (κ3) is 7.76. The summed E-state index contributed by atoms with van der Waals surface area (Å²) in [6, 6.07) is 2.98. The van der Waals surface area contributed by atoms with Gasteiger partial charge in [0, 0.05) is 26.8 Å². The molecule has 0 bridgehead atoms. The second-order valence-electron chi connectivity index (χ2n) is 8.49. The molecule has 6 nitrogen and oxygen atoms in total. The zero-order valence-corrected chi connectivity index (χ0v) is 20.9. The standard InChI is InChI=1S/C21H28BrF2N3O3S/c1-13(9-14-7-8-16(25-10-14)21(5,23)24)11-27(19(28)30-20(2,3)4)18-26-15(12-29-6)17(22)31-18/h7-8,10,13H,9,11-12H2,1-6H3/t13-/m0/s1. The van der Waals surface area contributed by atoms with Crippen molar-refractivity contribution in [1.29, 1.82) is 0 Å². The lowest BCUT2D eigenvalue weighted by Crippen LogP contribution is -2.39. The number of nitrogens with zero attached hydrogens (tertiary/aromatic N) is 3. The molecule has 2 heterocycles. The van der Waals surface area contributed by atoms with E-state index in [1.54, 1.807) is 33.9 Å². The van der Waals surface area contributed by atoms with Crippen LogP contribution in [0.4, 0.5) is 18.7 Å². The summed E-state index contributed by atoms with van der Waals surface area (Å²) in [5, 5.41) is 0.499. The molecule has 0 aliphatic rings. The smallest absolute Gasteiger partial charge is 0.416 e. The number of ether oxygens (including phenoxy) is 2. The molecule has 2 rings (SSSR count). The summed E-state index contributed by atoms with van der Waals surface area (Å²) < 4.78 is 38.3. The molecule has 0 N–H and O–H groups in total. The van der Waals surface area contributed by atoms with Crippen molar-refractivity contribution in [2.45, 2.75) is 59.2 Å². The third-order valence-electron chi connectivity index (χ3n) is 4.12. The minimum Gasteiger partial charge on any atom is -0.443 e. The van der Waals surface area contributed by atoms with Crippen LogP contribution in [0.25, 0.3) is 0 Å². The van der Waals surface area contributed by atoms with Crippen molar-refractivity contribution in [2.75, 3.05) is 18.6 Å². The summed E-state index contributed by atoms with van der Waals surface area (Å²) in [4.78, 5) is 22.8. The van der Waals surface area contributed by atoms with Gasteiger partial charge in [-0.2, -0.15) is 8.78 Å². The number of carbonyl (C=O) groups is 1. The van der Waals surface area contributed by atoms with E-state index < -0.39 is 17.6 Å². The van der Waals surface area contributed by atoms with Crippen molar-refractivity contribution in [3.63, 3.8) is 0 Å². The molecule has 2 aromatic rings. The molecule has 0 unspecified atom stereocenters. The van der Waals surface area contributed by atoms with Crippen LogP contribution in [0, 0.1) is 5.92 Å². The maximum Gasteiger partial charge on any atom is 0.416 e. The lowest BCUT2D eigenvalue weighted by atomic mass is 10.0. The molecule has 0 aromatic carbocycles. The molecule has 0 aliphatic heterocycles. The van der Waals surface area contributed by atoms with E-state index in [4.69, 9.17) is 9.47 Å². The van der Waals surface area contributed by atoms with Crippen molar-refractivity contribution in [1.82, 2.24) is 9.97 Å². The van der Waals surface area contributed by atoms with Gasteiger partial charge in [-0.1, -0.05) is 24.3 Å². The summed E-state index contributed by atoms with van der Waals surface area (Å²) in [7, 11) is 1.58. The summed E-state index contributed by atoms with van der Waals surface area (Å²) in [6.07, 6.45) is 1.51. The Bertz CT molecular complexity index is 879. The van der Waals surface area contributed by atoms with Crippen LogP contribution in [0.1, 0.15) is 51.6 Å². The highest BCUT2D eigenvalue weighted by molar-refractivity contribution is 9.11. The van der Waals surface area contributed by atoms with Crippen molar-refractivity contribution >= 4 is 38.5 Å². The van der Waals surface area contributed by atoms with E-state index in [-0.39, 0.29) is 11.6 Å². The zero-order chi connectivity index (χ0) is 23.4. The molecular weight excluding hydrogens is 492 g/mol. The number of alkyl halides is 2. The Balaban J connectivity index is 2.20. The van der Waals surface area contributed by atoms with Crippen LogP contribution in [0.5, 0.6) is 0 Å². The molecule has 1 atom stereocenters. The zero-order valence-electron chi connectivity index (χ0n) is 18.5. The third-order valence-corrected chi connectivity index (χ3v) is 5.97. The first-order valence-corrected chi connectivity index (χ1v) is 11.4. The molecule has 0 aliphatic carbocycles. The Hall–Kier alpha value is -1.65. The van der Waals surface area contributed by atoms with Crippen LogP contribution in [0.15, 0.2) is 22.1 Å². The average molecular weight is 520 g/mol. The van der Waals surface area contributed by atoms with Crippen molar-refractivity contribution < 1.29 is 23.0 Å². The largest absolute Gasteiger partial charge is 0.443 e. The summed E-state index contributed by atoms with van der Waals surface area (Å²) in [5.41, 5.74) is 0.583. The van der Waals surface area contributed by atoms with E-state index >= 15 is 0 Å². The highest BCUT2D eigenvalue weighted by Gasteiger charge is 2.29. The first-order valence-electron chi connectivity index (χ1n) is 9.78. The quantitative estimate of drug-likeness (QED) is 0.416. The minimum atomic E-state index is -2.98. The van der Waals surface area contributed by atoms with Crippen molar-refractivity contribution in [3.05, 3.63) is 39.1 Å². The van der Waals surface area contributed by atoms with Gasteiger partial charge in [0.15, 0.2) is 5.13 Å². The second kappa shape index (κ2) is 10.3. The number of thiazole rings is 1. The number of halogens is 3. The average Bonchev–Trinajstić information content (AvgIpc) is 2.98. The molecule has 0 spiro atoms. The van der Waals surface area contributed by atoms with Crippen molar-refractivity contribution in [3.8, 4) is 0 Å². The van der Waals surface area contributed by atoms with E-state index in [0.29, 0.717) is 30.4 Å². The predicted molar refractivity (Wildman–Crippen MR) is 121 cm³/mol. The number of aromatic nitrogens is 2. The highest BCUT2D eigenvalue weighted by atomic mass is 79.9. The summed E-state index contributed by atoms with van der Waals surface area (Å²) >= 11 is 4.79. The molecule has 2 aromatic heterocycles. The maximum absolute atomic E-state index is 13.4. The molecule has 1 amide bonds. The lowest BCUT2D eigenvalue weighted by molar-refractivity contribution is 0.0127. The minimum absolute atomic E-state index is 0.00384.